The van der Waals surface area contributed by atoms with Crippen LogP contribution in [0.4, 0.5) is 0 Å². The molecule has 106 valence electrons. The van der Waals surface area contributed by atoms with Crippen molar-refractivity contribution >= 4 is 10.9 Å². The van der Waals surface area contributed by atoms with E-state index in [9.17, 15) is 4.79 Å². The standard InChI is InChI=1S/C14H12N4O3/c1-20-10-6-8-9(7-11(10)21-2)17-13(18-14(8)19)12-15-4-3-5-16-12/h3-7H,1-2H3,(H,17,18,19). The zero-order chi connectivity index (χ0) is 14.8. The number of nitrogens with zero attached hydrogens (tertiary/aromatic N) is 3. The SMILES string of the molecule is COc1cc2nc(-c3ncccn3)[nH]c(=O)c2cc1OC. The van der Waals surface area contributed by atoms with Crippen molar-refractivity contribution in [2.75, 3.05) is 14.2 Å². The number of rotatable bonds is 3. The largest absolute Gasteiger partial charge is 0.493 e. The van der Waals surface area contributed by atoms with Crippen LogP contribution in [0.3, 0.4) is 0 Å². The third-order valence-electron chi connectivity index (χ3n) is 2.99. The number of benzene rings is 1. The summed E-state index contributed by atoms with van der Waals surface area (Å²) in [6.45, 7) is 0. The Labute approximate surface area is 119 Å². The van der Waals surface area contributed by atoms with Gasteiger partial charge in [0.2, 0.25) is 0 Å². The lowest BCUT2D eigenvalue weighted by Gasteiger charge is -2.09. The van der Waals surface area contributed by atoms with E-state index < -0.39 is 0 Å². The number of hydrogen-bond acceptors (Lipinski definition) is 6. The number of hydrogen-bond donors (Lipinski definition) is 1. The second-order valence-electron chi connectivity index (χ2n) is 4.21. The van der Waals surface area contributed by atoms with Gasteiger partial charge in [-0.3, -0.25) is 4.79 Å². The predicted molar refractivity (Wildman–Crippen MR) is 76.5 cm³/mol. The minimum absolute atomic E-state index is 0.289. The van der Waals surface area contributed by atoms with Crippen LogP contribution in [0.2, 0.25) is 0 Å². The Morgan fingerprint density at radius 3 is 2.38 bits per heavy atom. The van der Waals surface area contributed by atoms with Crippen molar-refractivity contribution in [3.8, 4) is 23.1 Å². The summed E-state index contributed by atoms with van der Waals surface area (Å²) in [7, 11) is 3.04. The van der Waals surface area contributed by atoms with E-state index in [1.54, 1.807) is 30.6 Å². The number of methoxy groups -OCH3 is 2. The highest BCUT2D eigenvalue weighted by Gasteiger charge is 2.12. The molecule has 3 aromatic rings. The Morgan fingerprint density at radius 2 is 1.71 bits per heavy atom. The smallest absolute Gasteiger partial charge is 0.259 e. The third kappa shape index (κ3) is 2.29. The van der Waals surface area contributed by atoms with E-state index in [-0.39, 0.29) is 5.56 Å². The minimum atomic E-state index is -0.289. The molecule has 7 heteroatoms. The molecule has 0 aliphatic heterocycles. The normalized spacial score (nSPS) is 10.6. The summed E-state index contributed by atoms with van der Waals surface area (Å²) in [4.78, 5) is 27.4. The Kier molecular flexibility index (Phi) is 3.23. The van der Waals surface area contributed by atoms with Gasteiger partial charge in [0.15, 0.2) is 23.1 Å². The Morgan fingerprint density at radius 1 is 1.05 bits per heavy atom. The number of aromatic amines is 1. The van der Waals surface area contributed by atoms with Crippen LogP contribution in [-0.4, -0.2) is 34.2 Å². The Balaban J connectivity index is 2.27. The molecule has 1 N–H and O–H groups in total. The first-order valence-corrected chi connectivity index (χ1v) is 6.16. The van der Waals surface area contributed by atoms with Gasteiger partial charge in [-0.15, -0.1) is 0 Å². The summed E-state index contributed by atoms with van der Waals surface area (Å²) in [5.41, 5.74) is 0.197. The molecule has 0 radical (unpaired) electrons. The maximum absolute atomic E-state index is 12.2. The van der Waals surface area contributed by atoms with E-state index >= 15 is 0 Å². The van der Waals surface area contributed by atoms with E-state index in [1.807, 2.05) is 0 Å². The first kappa shape index (κ1) is 13.0. The quantitative estimate of drug-likeness (QED) is 0.781. The first-order valence-electron chi connectivity index (χ1n) is 6.16. The van der Waals surface area contributed by atoms with Crippen LogP contribution in [0.5, 0.6) is 11.5 Å². The summed E-state index contributed by atoms with van der Waals surface area (Å²) in [5.74, 6) is 1.63. The molecule has 1 aromatic carbocycles. The molecule has 21 heavy (non-hydrogen) atoms. The van der Waals surface area contributed by atoms with Crippen LogP contribution in [-0.2, 0) is 0 Å². The summed E-state index contributed by atoms with van der Waals surface area (Å²) in [6.07, 6.45) is 3.17. The molecule has 3 rings (SSSR count). The Bertz CT molecular complexity index is 846. The van der Waals surface area contributed by atoms with Crippen molar-refractivity contribution in [1.29, 1.82) is 0 Å². The van der Waals surface area contributed by atoms with Crippen molar-refractivity contribution in [3.05, 3.63) is 40.9 Å². The maximum atomic E-state index is 12.2. The van der Waals surface area contributed by atoms with E-state index in [0.717, 1.165) is 0 Å². The summed E-state index contributed by atoms with van der Waals surface area (Å²) >= 11 is 0. The van der Waals surface area contributed by atoms with Crippen molar-refractivity contribution < 1.29 is 9.47 Å². The molecule has 0 amide bonds. The minimum Gasteiger partial charge on any atom is -0.493 e. The first-order chi connectivity index (χ1) is 10.2. The second-order valence-corrected chi connectivity index (χ2v) is 4.21. The van der Waals surface area contributed by atoms with Gasteiger partial charge >= 0.3 is 0 Å². The van der Waals surface area contributed by atoms with Crippen molar-refractivity contribution in [2.24, 2.45) is 0 Å². The predicted octanol–water partition coefficient (Wildman–Crippen LogP) is 1.40. The number of fused-ring (bicyclic) bond motifs is 1. The molecule has 2 heterocycles. The van der Waals surface area contributed by atoms with Gasteiger partial charge in [-0.25, -0.2) is 15.0 Å². The number of H-pyrrole nitrogens is 1. The molecule has 0 aliphatic rings. The molecular weight excluding hydrogens is 272 g/mol. The van der Waals surface area contributed by atoms with Gasteiger partial charge in [0.05, 0.1) is 25.1 Å². The van der Waals surface area contributed by atoms with E-state index in [2.05, 4.69) is 19.9 Å². The number of aromatic nitrogens is 4. The van der Waals surface area contributed by atoms with Gasteiger partial charge < -0.3 is 14.5 Å². The molecule has 0 unspecified atom stereocenters. The topological polar surface area (TPSA) is 90.0 Å². The van der Waals surface area contributed by atoms with Gasteiger partial charge in [-0.1, -0.05) is 0 Å². The fraction of sp³-hybridized carbons (Fsp3) is 0.143. The van der Waals surface area contributed by atoms with Gasteiger partial charge in [0, 0.05) is 18.5 Å². The molecule has 7 nitrogen and oxygen atoms in total. The molecule has 0 saturated carbocycles. The highest BCUT2D eigenvalue weighted by atomic mass is 16.5. The number of nitrogens with one attached hydrogen (secondary N) is 1. The fourth-order valence-electron chi connectivity index (χ4n) is 1.99. The van der Waals surface area contributed by atoms with Gasteiger partial charge in [-0.05, 0) is 12.1 Å². The van der Waals surface area contributed by atoms with E-state index in [4.69, 9.17) is 9.47 Å². The van der Waals surface area contributed by atoms with Crippen molar-refractivity contribution in [2.45, 2.75) is 0 Å². The van der Waals surface area contributed by atoms with E-state index in [1.165, 1.54) is 14.2 Å². The van der Waals surface area contributed by atoms with Gasteiger partial charge in [-0.2, -0.15) is 0 Å². The lowest BCUT2D eigenvalue weighted by Crippen LogP contribution is -2.11. The molecule has 2 aromatic heterocycles. The van der Waals surface area contributed by atoms with Crippen molar-refractivity contribution in [3.63, 3.8) is 0 Å². The molecule has 0 spiro atoms. The lowest BCUT2D eigenvalue weighted by atomic mass is 10.2. The van der Waals surface area contributed by atoms with Crippen molar-refractivity contribution in [1.82, 2.24) is 19.9 Å². The fourth-order valence-corrected chi connectivity index (χ4v) is 1.99. The molecule has 0 fully saturated rings. The molecule has 0 aliphatic carbocycles. The highest BCUT2D eigenvalue weighted by molar-refractivity contribution is 5.82. The van der Waals surface area contributed by atoms with Crippen LogP contribution >= 0.6 is 0 Å². The van der Waals surface area contributed by atoms with Crippen LogP contribution < -0.4 is 15.0 Å². The van der Waals surface area contributed by atoms with Crippen LogP contribution in [0.1, 0.15) is 0 Å². The third-order valence-corrected chi connectivity index (χ3v) is 2.99. The monoisotopic (exact) mass is 284 g/mol. The molecular formula is C14H12N4O3. The highest BCUT2D eigenvalue weighted by Crippen LogP contribution is 2.30. The maximum Gasteiger partial charge on any atom is 0.259 e. The average molecular weight is 284 g/mol. The van der Waals surface area contributed by atoms with Gasteiger partial charge in [0.25, 0.3) is 5.56 Å². The molecule has 0 saturated heterocycles. The number of ether oxygens (including phenoxy) is 2. The zero-order valence-corrected chi connectivity index (χ0v) is 11.5. The molecule has 0 bridgehead atoms. The zero-order valence-electron chi connectivity index (χ0n) is 11.5. The lowest BCUT2D eigenvalue weighted by molar-refractivity contribution is 0.355. The van der Waals surface area contributed by atoms with Gasteiger partial charge in [0.1, 0.15) is 0 Å². The van der Waals surface area contributed by atoms with Crippen LogP contribution in [0.25, 0.3) is 22.6 Å². The second kappa shape index (κ2) is 5.20. The summed E-state index contributed by atoms with van der Waals surface area (Å²) in [6, 6.07) is 4.93. The van der Waals surface area contributed by atoms with Crippen LogP contribution in [0.15, 0.2) is 35.4 Å². The molecule has 0 atom stereocenters. The van der Waals surface area contributed by atoms with E-state index in [0.29, 0.717) is 34.1 Å². The Hall–Kier alpha value is -2.96. The van der Waals surface area contributed by atoms with Crippen LogP contribution in [0, 0.1) is 0 Å². The summed E-state index contributed by atoms with van der Waals surface area (Å²) < 4.78 is 10.4. The summed E-state index contributed by atoms with van der Waals surface area (Å²) in [5, 5.41) is 0.410. The average Bonchev–Trinajstić information content (AvgIpc) is 2.54.